The van der Waals surface area contributed by atoms with Crippen molar-refractivity contribution in [2.75, 3.05) is 12.5 Å². The third-order valence-electron chi connectivity index (χ3n) is 2.44. The van der Waals surface area contributed by atoms with Crippen LogP contribution in [0.2, 0.25) is 0 Å². The first-order valence-corrected chi connectivity index (χ1v) is 7.87. The fraction of sp³-hybridized carbons (Fsp3) is 0.231. The Bertz CT molecular complexity index is 687. The predicted octanol–water partition coefficient (Wildman–Crippen LogP) is 2.77. The molecule has 0 aliphatic carbocycles. The molecule has 1 heterocycles. The summed E-state index contributed by atoms with van der Waals surface area (Å²) in [7, 11) is 1.56. The second kappa shape index (κ2) is 7.76. The largest absolute Gasteiger partial charge is 0.486 e. The second-order valence-corrected chi connectivity index (χ2v) is 6.00. The van der Waals surface area contributed by atoms with Gasteiger partial charge in [-0.3, -0.25) is 15.6 Å². The van der Waals surface area contributed by atoms with Crippen molar-refractivity contribution in [1.82, 2.24) is 14.8 Å². The van der Waals surface area contributed by atoms with Gasteiger partial charge in [0, 0.05) is 23.4 Å². The van der Waals surface area contributed by atoms with Gasteiger partial charge in [0.15, 0.2) is 6.40 Å². The predicted molar refractivity (Wildman–Crippen MR) is 87.8 cm³/mol. The molecule has 0 saturated heterocycles. The summed E-state index contributed by atoms with van der Waals surface area (Å²) in [5.41, 5.74) is 7.03. The minimum Gasteiger partial charge on any atom is -0.486 e. The Morgan fingerprint density at radius 1 is 1.50 bits per heavy atom. The fourth-order valence-corrected chi connectivity index (χ4v) is 2.85. The molecule has 0 unspecified atom stereocenters. The summed E-state index contributed by atoms with van der Waals surface area (Å²) in [6.07, 6.45) is 1.40. The number of anilines is 1. The van der Waals surface area contributed by atoms with Gasteiger partial charge in [0.1, 0.15) is 0 Å². The molecule has 0 fully saturated rings. The van der Waals surface area contributed by atoms with Crippen molar-refractivity contribution >= 4 is 46.4 Å². The van der Waals surface area contributed by atoms with Crippen LogP contribution in [-0.2, 0) is 9.53 Å². The number of nitrogens with zero attached hydrogens (tertiary/aromatic N) is 3. The van der Waals surface area contributed by atoms with Gasteiger partial charge in [-0.1, -0.05) is 6.07 Å². The van der Waals surface area contributed by atoms with Crippen LogP contribution < -0.4 is 10.9 Å². The maximum Gasteiger partial charge on any atom is 0.235 e. The van der Waals surface area contributed by atoms with E-state index in [4.69, 9.17) is 4.74 Å². The second-order valence-electron chi connectivity index (χ2n) is 4.21. The molecule has 0 aliphatic heterocycles. The van der Waals surface area contributed by atoms with Crippen LogP contribution in [0.5, 0.6) is 0 Å². The minimum absolute atomic E-state index is 0.191. The zero-order valence-corrected chi connectivity index (χ0v) is 13.9. The topological polar surface area (TPSA) is 88.5 Å². The van der Waals surface area contributed by atoms with E-state index in [-0.39, 0.29) is 5.91 Å². The highest BCUT2D eigenvalue weighted by molar-refractivity contribution is 7.99. The number of aromatic nitrogens is 2. The Labute approximate surface area is 136 Å². The number of hydrogen-bond acceptors (Lipinski definition) is 8. The van der Waals surface area contributed by atoms with Crippen LogP contribution in [0.4, 0.5) is 10.8 Å². The Hall–Kier alpha value is -2.13. The van der Waals surface area contributed by atoms with Gasteiger partial charge in [0.25, 0.3) is 0 Å². The molecule has 2 rings (SSSR count). The lowest BCUT2D eigenvalue weighted by atomic mass is 10.2. The molecule has 0 aliphatic rings. The molecule has 22 heavy (non-hydrogen) atoms. The molecule has 116 valence electrons. The lowest BCUT2D eigenvalue weighted by Crippen LogP contribution is -2.26. The number of hydrazine groups is 1. The highest BCUT2D eigenvalue weighted by Crippen LogP contribution is 2.31. The number of ether oxygens (including phenoxy) is 1. The van der Waals surface area contributed by atoms with E-state index in [1.54, 1.807) is 7.11 Å². The van der Waals surface area contributed by atoms with E-state index in [0.29, 0.717) is 10.3 Å². The molecule has 0 atom stereocenters. The zero-order valence-electron chi connectivity index (χ0n) is 12.3. The van der Waals surface area contributed by atoms with Crippen molar-refractivity contribution in [1.29, 1.82) is 0 Å². The van der Waals surface area contributed by atoms with Crippen LogP contribution in [0, 0.1) is 6.92 Å². The number of aryl methyl sites for hydroxylation is 1. The van der Waals surface area contributed by atoms with E-state index in [2.05, 4.69) is 25.2 Å². The molecular formula is C13H15N5O2S2. The van der Waals surface area contributed by atoms with Gasteiger partial charge in [0.05, 0.1) is 12.8 Å². The van der Waals surface area contributed by atoms with E-state index in [1.165, 1.54) is 36.6 Å². The van der Waals surface area contributed by atoms with Gasteiger partial charge in [-0.05, 0) is 36.4 Å². The van der Waals surface area contributed by atoms with Gasteiger partial charge in [-0.15, -0.1) is 0 Å². The molecular weight excluding hydrogens is 322 g/mol. The van der Waals surface area contributed by atoms with E-state index in [0.717, 1.165) is 16.1 Å². The summed E-state index contributed by atoms with van der Waals surface area (Å²) in [6, 6.07) is 5.90. The van der Waals surface area contributed by atoms with Crippen LogP contribution >= 0.6 is 23.3 Å². The molecule has 1 aromatic carbocycles. The SMILES string of the molecule is COC=Nc1cc(Sc2nsc(NNC(C)=O)n2)ccc1C. The number of carbonyl (C=O) groups excluding carboxylic acids is 1. The van der Waals surface area contributed by atoms with E-state index in [9.17, 15) is 4.79 Å². The standard InChI is InChI=1S/C13H15N5O2S2/c1-8-4-5-10(6-11(8)14-7-20-3)21-13-15-12(22-18-13)17-16-9(2)19/h4-7H,1-3H3,(H,16,19)(H,15,17,18). The first kappa shape index (κ1) is 16.2. The molecule has 1 amide bonds. The van der Waals surface area contributed by atoms with Crippen molar-refractivity contribution in [2.24, 2.45) is 4.99 Å². The number of nitrogens with one attached hydrogen (secondary N) is 2. The van der Waals surface area contributed by atoms with Crippen LogP contribution in [-0.4, -0.2) is 28.8 Å². The first-order valence-electron chi connectivity index (χ1n) is 6.28. The summed E-state index contributed by atoms with van der Waals surface area (Å²) in [6.45, 7) is 3.39. The summed E-state index contributed by atoms with van der Waals surface area (Å²) in [5, 5.41) is 1.13. The smallest absolute Gasteiger partial charge is 0.235 e. The van der Waals surface area contributed by atoms with Crippen molar-refractivity contribution in [2.45, 2.75) is 23.9 Å². The molecule has 9 heteroatoms. The lowest BCUT2D eigenvalue weighted by Gasteiger charge is -2.03. The molecule has 7 nitrogen and oxygen atoms in total. The fourth-order valence-electron chi connectivity index (χ4n) is 1.45. The Morgan fingerprint density at radius 2 is 2.32 bits per heavy atom. The van der Waals surface area contributed by atoms with Crippen LogP contribution in [0.3, 0.4) is 0 Å². The zero-order chi connectivity index (χ0) is 15.9. The Morgan fingerprint density at radius 3 is 3.05 bits per heavy atom. The molecule has 2 aromatic rings. The van der Waals surface area contributed by atoms with Gasteiger partial charge < -0.3 is 4.74 Å². The van der Waals surface area contributed by atoms with Crippen molar-refractivity contribution in [3.05, 3.63) is 23.8 Å². The summed E-state index contributed by atoms with van der Waals surface area (Å²) >= 11 is 2.59. The first-order chi connectivity index (χ1) is 10.6. The number of benzene rings is 1. The minimum atomic E-state index is -0.191. The average molecular weight is 337 g/mol. The van der Waals surface area contributed by atoms with E-state index in [1.807, 2.05) is 25.1 Å². The third kappa shape index (κ3) is 4.71. The van der Waals surface area contributed by atoms with Gasteiger partial charge in [-0.2, -0.15) is 9.36 Å². The quantitative estimate of drug-likeness (QED) is 0.479. The maximum absolute atomic E-state index is 10.8. The molecule has 0 bridgehead atoms. The van der Waals surface area contributed by atoms with Crippen molar-refractivity contribution in [3.63, 3.8) is 0 Å². The molecule has 1 aromatic heterocycles. The monoisotopic (exact) mass is 337 g/mol. The summed E-state index contributed by atoms with van der Waals surface area (Å²) < 4.78 is 9.06. The Kier molecular flexibility index (Phi) is 5.73. The van der Waals surface area contributed by atoms with E-state index >= 15 is 0 Å². The molecule has 0 radical (unpaired) electrons. The third-order valence-corrected chi connectivity index (χ3v) is 4.04. The van der Waals surface area contributed by atoms with Crippen LogP contribution in [0.15, 0.2) is 33.2 Å². The van der Waals surface area contributed by atoms with E-state index < -0.39 is 0 Å². The van der Waals surface area contributed by atoms with Gasteiger partial charge >= 0.3 is 0 Å². The summed E-state index contributed by atoms with van der Waals surface area (Å²) in [4.78, 5) is 20.3. The number of carbonyl (C=O) groups is 1. The number of hydrogen-bond donors (Lipinski definition) is 2. The summed E-state index contributed by atoms with van der Waals surface area (Å²) in [5.74, 6) is -0.191. The lowest BCUT2D eigenvalue weighted by molar-refractivity contribution is -0.118. The number of amides is 1. The van der Waals surface area contributed by atoms with Crippen molar-refractivity contribution < 1.29 is 9.53 Å². The number of methoxy groups -OCH3 is 1. The molecule has 0 spiro atoms. The molecule has 0 saturated carbocycles. The number of aliphatic imine (C=N–C) groups is 1. The number of rotatable bonds is 6. The highest BCUT2D eigenvalue weighted by atomic mass is 32.2. The maximum atomic E-state index is 10.8. The molecule has 2 N–H and O–H groups in total. The van der Waals surface area contributed by atoms with Gasteiger partial charge in [0.2, 0.25) is 16.2 Å². The normalized spacial score (nSPS) is 10.7. The van der Waals surface area contributed by atoms with Crippen LogP contribution in [0.1, 0.15) is 12.5 Å². The Balaban J connectivity index is 2.07. The van der Waals surface area contributed by atoms with Crippen molar-refractivity contribution in [3.8, 4) is 0 Å². The van der Waals surface area contributed by atoms with Crippen LogP contribution in [0.25, 0.3) is 0 Å². The average Bonchev–Trinajstić information content (AvgIpc) is 2.93. The highest BCUT2D eigenvalue weighted by Gasteiger charge is 2.07. The van der Waals surface area contributed by atoms with Gasteiger partial charge in [-0.25, -0.2) is 4.99 Å².